The fourth-order valence-electron chi connectivity index (χ4n) is 9.23. The number of aliphatic hydroxyl groups excluding tert-OH is 1. The molecule has 3 nitrogen and oxygen atoms in total. The van der Waals surface area contributed by atoms with Gasteiger partial charge < -0.3 is 15.3 Å². The van der Waals surface area contributed by atoms with Crippen LogP contribution in [0.15, 0.2) is 0 Å². The second-order valence-corrected chi connectivity index (χ2v) is 12.1. The molecule has 2 N–H and O–H groups in total. The van der Waals surface area contributed by atoms with Crippen molar-refractivity contribution in [3.63, 3.8) is 0 Å². The van der Waals surface area contributed by atoms with Crippen LogP contribution in [0.2, 0.25) is 0 Å². The molecule has 0 aromatic rings. The molecule has 1 unspecified atom stereocenters. The minimum Gasteiger partial charge on any atom is -0.393 e. The topological polar surface area (TPSA) is 35.5 Å². The fraction of sp³-hybridized carbons (Fsp3) is 1.00. The van der Waals surface area contributed by atoms with Crippen molar-refractivity contribution in [3.05, 3.63) is 0 Å². The molecular weight excluding hydrogens is 368 g/mol. The van der Waals surface area contributed by atoms with Crippen molar-refractivity contribution in [2.75, 3.05) is 26.2 Å². The van der Waals surface area contributed by atoms with E-state index in [2.05, 4.69) is 44.8 Å². The summed E-state index contributed by atoms with van der Waals surface area (Å²) >= 11 is 0. The number of hydrogen-bond acceptors (Lipinski definition) is 3. The molecule has 4 rings (SSSR count). The molecule has 0 aliphatic heterocycles. The number of likely N-dealkylation sites (N-methyl/N-ethyl adjacent to an activating group) is 1. The first kappa shape index (κ1) is 23.1. The first-order valence-electron chi connectivity index (χ1n) is 13.5. The molecule has 174 valence electrons. The van der Waals surface area contributed by atoms with Crippen LogP contribution in [-0.4, -0.2) is 48.3 Å². The maximum absolute atomic E-state index is 10.3. The maximum atomic E-state index is 10.3. The van der Waals surface area contributed by atoms with Crippen LogP contribution in [0.25, 0.3) is 0 Å². The van der Waals surface area contributed by atoms with Crippen LogP contribution in [0.1, 0.15) is 92.4 Å². The van der Waals surface area contributed by atoms with Gasteiger partial charge in [-0.1, -0.05) is 27.7 Å². The van der Waals surface area contributed by atoms with Gasteiger partial charge in [-0.05, 0) is 118 Å². The lowest BCUT2D eigenvalue weighted by Crippen LogP contribution is -2.55. The smallest absolute Gasteiger partial charge is 0.0543 e. The van der Waals surface area contributed by atoms with Crippen LogP contribution in [0, 0.1) is 40.4 Å². The molecule has 4 aliphatic rings. The first-order chi connectivity index (χ1) is 14.3. The Morgan fingerprint density at radius 1 is 0.933 bits per heavy atom. The van der Waals surface area contributed by atoms with Gasteiger partial charge in [0.25, 0.3) is 0 Å². The van der Waals surface area contributed by atoms with Gasteiger partial charge in [0.2, 0.25) is 0 Å². The van der Waals surface area contributed by atoms with E-state index in [1.807, 2.05) is 0 Å². The average Bonchev–Trinajstić information content (AvgIpc) is 3.09. The quantitative estimate of drug-likeness (QED) is 0.587. The third-order valence-corrected chi connectivity index (χ3v) is 11.1. The van der Waals surface area contributed by atoms with Gasteiger partial charge in [0.05, 0.1) is 6.10 Å². The molecule has 0 bridgehead atoms. The van der Waals surface area contributed by atoms with Crippen molar-refractivity contribution in [1.82, 2.24) is 10.2 Å². The van der Waals surface area contributed by atoms with Crippen LogP contribution in [0.4, 0.5) is 0 Å². The Bertz CT molecular complexity index is 577. The summed E-state index contributed by atoms with van der Waals surface area (Å²) in [6.45, 7) is 17.0. The molecule has 0 aromatic carbocycles. The molecule has 0 spiro atoms. The van der Waals surface area contributed by atoms with Crippen LogP contribution < -0.4 is 5.32 Å². The zero-order chi connectivity index (χ0) is 21.5. The van der Waals surface area contributed by atoms with Crippen LogP contribution >= 0.6 is 0 Å². The average molecular weight is 419 g/mol. The maximum Gasteiger partial charge on any atom is 0.0543 e. The molecule has 4 saturated carbocycles. The summed E-state index contributed by atoms with van der Waals surface area (Å²) in [5.74, 6) is 4.45. The van der Waals surface area contributed by atoms with Crippen molar-refractivity contribution < 1.29 is 5.11 Å². The zero-order valence-electron chi connectivity index (χ0n) is 20.6. The fourth-order valence-corrected chi connectivity index (χ4v) is 9.23. The summed E-state index contributed by atoms with van der Waals surface area (Å²) in [7, 11) is 0. The standard InChI is InChI=1S/C27H50N2O/c1-6-29(7-2)17-16-28-19(3)23-10-11-24-22-9-8-20-18-21(30)12-14-26(20,4)25(22)13-15-27(23,24)5/h19-25,28,30H,6-18H2,1-5H3/t19?,20-,21-,22-,23+,24-,25-,26-,27+/m0/s1. The van der Waals surface area contributed by atoms with Crippen molar-refractivity contribution in [1.29, 1.82) is 0 Å². The van der Waals surface area contributed by atoms with Gasteiger partial charge in [-0.15, -0.1) is 0 Å². The molecule has 4 fully saturated rings. The van der Waals surface area contributed by atoms with Gasteiger partial charge >= 0.3 is 0 Å². The number of fused-ring (bicyclic) bond motifs is 5. The van der Waals surface area contributed by atoms with E-state index in [0.717, 1.165) is 62.1 Å². The number of rotatable bonds is 7. The minimum atomic E-state index is -0.0207. The van der Waals surface area contributed by atoms with E-state index in [9.17, 15) is 5.11 Å². The number of hydrogen-bond donors (Lipinski definition) is 2. The highest BCUT2D eigenvalue weighted by Crippen LogP contribution is 2.67. The Labute approximate surface area is 186 Å². The summed E-state index contributed by atoms with van der Waals surface area (Å²) in [6.07, 6.45) is 12.0. The Morgan fingerprint density at radius 2 is 1.63 bits per heavy atom. The van der Waals surface area contributed by atoms with Crippen LogP contribution in [0.3, 0.4) is 0 Å². The third-order valence-electron chi connectivity index (χ3n) is 11.1. The van der Waals surface area contributed by atoms with Crippen molar-refractivity contribution in [3.8, 4) is 0 Å². The molecule has 0 radical (unpaired) electrons. The molecular formula is C27H50N2O. The van der Waals surface area contributed by atoms with E-state index in [1.54, 1.807) is 0 Å². The predicted octanol–water partition coefficient (Wildman–Crippen LogP) is 5.33. The highest BCUT2D eigenvalue weighted by atomic mass is 16.3. The second kappa shape index (κ2) is 9.02. The van der Waals surface area contributed by atoms with E-state index in [4.69, 9.17) is 0 Å². The summed E-state index contributed by atoms with van der Waals surface area (Å²) in [5, 5.41) is 14.2. The molecule has 0 amide bonds. The van der Waals surface area contributed by atoms with Crippen molar-refractivity contribution >= 4 is 0 Å². The van der Waals surface area contributed by atoms with Gasteiger partial charge in [0.15, 0.2) is 0 Å². The Balaban J connectivity index is 1.41. The predicted molar refractivity (Wildman–Crippen MR) is 126 cm³/mol. The van der Waals surface area contributed by atoms with Crippen LogP contribution in [-0.2, 0) is 0 Å². The Kier molecular flexibility index (Phi) is 6.93. The Hall–Kier alpha value is -0.120. The first-order valence-corrected chi connectivity index (χ1v) is 13.5. The lowest BCUT2D eigenvalue weighted by molar-refractivity contribution is -0.127. The van der Waals surface area contributed by atoms with E-state index >= 15 is 0 Å². The third kappa shape index (κ3) is 3.90. The van der Waals surface area contributed by atoms with E-state index in [-0.39, 0.29) is 6.10 Å². The highest BCUT2D eigenvalue weighted by molar-refractivity contribution is 5.10. The van der Waals surface area contributed by atoms with Gasteiger partial charge in [-0.3, -0.25) is 0 Å². The molecule has 3 heteroatoms. The number of nitrogens with zero attached hydrogens (tertiary/aromatic N) is 1. The molecule has 9 atom stereocenters. The summed E-state index contributed by atoms with van der Waals surface area (Å²) < 4.78 is 0. The number of aliphatic hydroxyl groups is 1. The van der Waals surface area contributed by atoms with Gasteiger partial charge in [0, 0.05) is 19.1 Å². The molecule has 0 saturated heterocycles. The molecule has 30 heavy (non-hydrogen) atoms. The van der Waals surface area contributed by atoms with E-state index < -0.39 is 0 Å². The summed E-state index contributed by atoms with van der Waals surface area (Å²) in [6, 6.07) is 0.642. The molecule has 0 heterocycles. The Morgan fingerprint density at radius 3 is 2.37 bits per heavy atom. The molecule has 4 aliphatic carbocycles. The van der Waals surface area contributed by atoms with Crippen LogP contribution in [0.5, 0.6) is 0 Å². The normalized spacial score (nSPS) is 46.9. The number of nitrogens with one attached hydrogen (secondary N) is 1. The van der Waals surface area contributed by atoms with Crippen molar-refractivity contribution in [2.45, 2.75) is 105 Å². The second-order valence-electron chi connectivity index (χ2n) is 12.1. The molecule has 0 aromatic heterocycles. The summed E-state index contributed by atoms with van der Waals surface area (Å²) in [4.78, 5) is 2.53. The highest BCUT2D eigenvalue weighted by Gasteiger charge is 2.60. The lowest BCUT2D eigenvalue weighted by atomic mass is 9.44. The monoisotopic (exact) mass is 418 g/mol. The van der Waals surface area contributed by atoms with E-state index in [0.29, 0.717) is 16.9 Å². The lowest BCUT2D eigenvalue weighted by Gasteiger charge is -2.61. The summed E-state index contributed by atoms with van der Waals surface area (Å²) in [5.41, 5.74) is 1.05. The minimum absolute atomic E-state index is 0.0207. The van der Waals surface area contributed by atoms with Gasteiger partial charge in [0.1, 0.15) is 0 Å². The SMILES string of the molecule is CCN(CC)CCNC(C)[C@H]1CC[C@H]2[C@@H]3CC[C@H]4C[C@@H](O)CC[C@]4(C)[C@H]3CC[C@]12C. The largest absolute Gasteiger partial charge is 0.393 e. The van der Waals surface area contributed by atoms with Gasteiger partial charge in [-0.25, -0.2) is 0 Å². The van der Waals surface area contributed by atoms with Crippen molar-refractivity contribution in [2.24, 2.45) is 40.4 Å². The zero-order valence-corrected chi connectivity index (χ0v) is 20.6. The van der Waals surface area contributed by atoms with Gasteiger partial charge in [-0.2, -0.15) is 0 Å². The van der Waals surface area contributed by atoms with E-state index in [1.165, 1.54) is 51.5 Å².